The summed E-state index contributed by atoms with van der Waals surface area (Å²) >= 11 is 6.12. The molecule has 1 aromatic carbocycles. The Morgan fingerprint density at radius 3 is 2.85 bits per heavy atom. The van der Waals surface area contributed by atoms with Crippen LogP contribution in [0.3, 0.4) is 0 Å². The van der Waals surface area contributed by atoms with Crippen LogP contribution in [0.4, 0.5) is 0 Å². The van der Waals surface area contributed by atoms with Gasteiger partial charge >= 0.3 is 5.69 Å². The molecule has 0 spiro atoms. The van der Waals surface area contributed by atoms with Gasteiger partial charge in [-0.2, -0.15) is 5.10 Å². The number of nitrogens with one attached hydrogen (secondary N) is 1. The smallest absolute Gasteiger partial charge is 0.330 e. The third-order valence-electron chi connectivity index (χ3n) is 3.26. The van der Waals surface area contributed by atoms with Crippen LogP contribution in [-0.2, 0) is 6.42 Å². The summed E-state index contributed by atoms with van der Waals surface area (Å²) in [6.45, 7) is 2.62. The molecule has 3 N–H and O–H groups in total. The highest BCUT2D eigenvalue weighted by molar-refractivity contribution is 6.31. The SMILES string of the molecule is Cc1ccc(-n2c(CCCCCN)n[nH]c2=O)cc1Cl. The number of aromatic nitrogens is 3. The first kappa shape index (κ1) is 14.8. The lowest BCUT2D eigenvalue weighted by atomic mass is 10.2. The predicted molar refractivity (Wildman–Crippen MR) is 80.5 cm³/mol. The Morgan fingerprint density at radius 1 is 1.35 bits per heavy atom. The van der Waals surface area contributed by atoms with Gasteiger partial charge in [-0.3, -0.25) is 0 Å². The molecule has 108 valence electrons. The van der Waals surface area contributed by atoms with E-state index in [4.69, 9.17) is 17.3 Å². The molecule has 2 rings (SSSR count). The summed E-state index contributed by atoms with van der Waals surface area (Å²) in [5, 5.41) is 7.24. The van der Waals surface area contributed by atoms with E-state index >= 15 is 0 Å². The maximum absolute atomic E-state index is 11.9. The molecule has 0 aliphatic heterocycles. The van der Waals surface area contributed by atoms with E-state index in [-0.39, 0.29) is 5.69 Å². The normalized spacial score (nSPS) is 10.9. The van der Waals surface area contributed by atoms with E-state index in [1.54, 1.807) is 10.6 Å². The standard InChI is InChI=1S/C14H19ClN4O/c1-10-6-7-11(9-12(10)15)19-13(17-18-14(19)20)5-3-2-4-8-16/h6-7,9H,2-5,8,16H2,1H3,(H,18,20). The van der Waals surface area contributed by atoms with Crippen molar-refractivity contribution in [1.29, 1.82) is 0 Å². The summed E-state index contributed by atoms with van der Waals surface area (Å²) in [6, 6.07) is 5.56. The molecule has 0 saturated heterocycles. The first-order valence-corrected chi connectivity index (χ1v) is 7.14. The second-order valence-electron chi connectivity index (χ2n) is 4.81. The zero-order chi connectivity index (χ0) is 14.5. The maximum atomic E-state index is 11.9. The number of nitrogens with two attached hydrogens (primary N) is 1. The van der Waals surface area contributed by atoms with Gasteiger partial charge in [-0.25, -0.2) is 14.5 Å². The minimum absolute atomic E-state index is 0.237. The van der Waals surface area contributed by atoms with Crippen molar-refractivity contribution in [2.24, 2.45) is 5.73 Å². The molecule has 0 atom stereocenters. The van der Waals surface area contributed by atoms with Crippen LogP contribution in [0.15, 0.2) is 23.0 Å². The molecule has 0 bridgehead atoms. The van der Waals surface area contributed by atoms with Gasteiger partial charge in [-0.1, -0.05) is 24.1 Å². The number of rotatable bonds is 6. The molecular formula is C14H19ClN4O. The minimum atomic E-state index is -0.237. The van der Waals surface area contributed by atoms with Gasteiger partial charge in [0.1, 0.15) is 5.82 Å². The van der Waals surface area contributed by atoms with Crippen LogP contribution < -0.4 is 11.4 Å². The highest BCUT2D eigenvalue weighted by Crippen LogP contribution is 2.19. The lowest BCUT2D eigenvalue weighted by Gasteiger charge is -2.07. The van der Waals surface area contributed by atoms with Crippen molar-refractivity contribution in [3.8, 4) is 5.69 Å². The van der Waals surface area contributed by atoms with Crippen LogP contribution in [0.5, 0.6) is 0 Å². The fourth-order valence-electron chi connectivity index (χ4n) is 2.09. The van der Waals surface area contributed by atoms with Gasteiger partial charge < -0.3 is 5.73 Å². The van der Waals surface area contributed by atoms with Crippen molar-refractivity contribution in [3.05, 3.63) is 45.1 Å². The Morgan fingerprint density at radius 2 is 2.15 bits per heavy atom. The van der Waals surface area contributed by atoms with Gasteiger partial charge in [0.2, 0.25) is 0 Å². The number of aromatic amines is 1. The highest BCUT2D eigenvalue weighted by Gasteiger charge is 2.11. The monoisotopic (exact) mass is 294 g/mol. The molecule has 5 nitrogen and oxygen atoms in total. The first-order chi connectivity index (χ1) is 9.63. The molecule has 0 aliphatic rings. The molecule has 0 aliphatic carbocycles. The number of nitrogens with zero attached hydrogens (tertiary/aromatic N) is 2. The van der Waals surface area contributed by atoms with Crippen LogP contribution in [0, 0.1) is 6.92 Å². The summed E-state index contributed by atoms with van der Waals surface area (Å²) < 4.78 is 1.58. The summed E-state index contributed by atoms with van der Waals surface area (Å²) in [4.78, 5) is 11.9. The second kappa shape index (κ2) is 6.72. The number of aryl methyl sites for hydroxylation is 2. The molecule has 1 heterocycles. The van der Waals surface area contributed by atoms with E-state index in [1.165, 1.54) is 0 Å². The molecule has 0 amide bonds. The van der Waals surface area contributed by atoms with Crippen LogP contribution in [-0.4, -0.2) is 21.3 Å². The van der Waals surface area contributed by atoms with Gasteiger partial charge in [0, 0.05) is 11.4 Å². The number of hydrogen-bond donors (Lipinski definition) is 2. The van der Waals surface area contributed by atoms with Crippen LogP contribution in [0.2, 0.25) is 5.02 Å². The van der Waals surface area contributed by atoms with Crippen LogP contribution in [0.1, 0.15) is 30.7 Å². The molecule has 0 unspecified atom stereocenters. The van der Waals surface area contributed by atoms with Gasteiger partial charge in [-0.15, -0.1) is 0 Å². The van der Waals surface area contributed by atoms with E-state index in [9.17, 15) is 4.79 Å². The molecule has 0 saturated carbocycles. The minimum Gasteiger partial charge on any atom is -0.330 e. The Bertz CT molecular complexity index is 632. The topological polar surface area (TPSA) is 76.7 Å². The highest BCUT2D eigenvalue weighted by atomic mass is 35.5. The molecule has 20 heavy (non-hydrogen) atoms. The summed E-state index contributed by atoms with van der Waals surface area (Å²) in [5.41, 5.74) is 6.96. The quantitative estimate of drug-likeness (QED) is 0.802. The number of hydrogen-bond acceptors (Lipinski definition) is 3. The first-order valence-electron chi connectivity index (χ1n) is 6.76. The number of halogens is 1. The zero-order valence-corrected chi connectivity index (χ0v) is 12.3. The van der Waals surface area contributed by atoms with Gasteiger partial charge in [-0.05, 0) is 44.0 Å². The molecule has 0 fully saturated rings. The van der Waals surface area contributed by atoms with Crippen LogP contribution >= 0.6 is 11.6 Å². The maximum Gasteiger partial charge on any atom is 0.347 e. The summed E-state index contributed by atoms with van der Waals surface area (Å²) in [5.74, 6) is 0.729. The van der Waals surface area contributed by atoms with Crippen LogP contribution in [0.25, 0.3) is 5.69 Å². The third-order valence-corrected chi connectivity index (χ3v) is 3.67. The molecular weight excluding hydrogens is 276 g/mol. The van der Waals surface area contributed by atoms with Gasteiger partial charge in [0.25, 0.3) is 0 Å². The van der Waals surface area contributed by atoms with E-state index in [1.807, 2.05) is 19.1 Å². The average molecular weight is 295 g/mol. The number of benzene rings is 1. The average Bonchev–Trinajstić information content (AvgIpc) is 2.79. The summed E-state index contributed by atoms with van der Waals surface area (Å²) in [6.07, 6.45) is 3.72. The number of unbranched alkanes of at least 4 members (excludes halogenated alkanes) is 2. The van der Waals surface area contributed by atoms with Crippen molar-refractivity contribution in [2.45, 2.75) is 32.6 Å². The fraction of sp³-hybridized carbons (Fsp3) is 0.429. The zero-order valence-electron chi connectivity index (χ0n) is 11.5. The van der Waals surface area contributed by atoms with Crippen molar-refractivity contribution in [3.63, 3.8) is 0 Å². The van der Waals surface area contributed by atoms with E-state index < -0.39 is 0 Å². The predicted octanol–water partition coefficient (Wildman–Crippen LogP) is 2.19. The van der Waals surface area contributed by atoms with E-state index in [2.05, 4.69) is 10.2 Å². The summed E-state index contributed by atoms with van der Waals surface area (Å²) in [7, 11) is 0. The number of H-pyrrole nitrogens is 1. The van der Waals surface area contributed by atoms with Crippen molar-refractivity contribution >= 4 is 11.6 Å². The van der Waals surface area contributed by atoms with E-state index in [0.717, 1.165) is 42.8 Å². The largest absolute Gasteiger partial charge is 0.347 e. The molecule has 6 heteroatoms. The molecule has 2 aromatic rings. The fourth-order valence-corrected chi connectivity index (χ4v) is 2.26. The molecule has 1 aromatic heterocycles. The second-order valence-corrected chi connectivity index (χ2v) is 5.22. The Balaban J connectivity index is 2.24. The van der Waals surface area contributed by atoms with Gasteiger partial charge in [0.05, 0.1) is 5.69 Å². The van der Waals surface area contributed by atoms with Gasteiger partial charge in [0.15, 0.2) is 0 Å². The Labute approximate surface area is 122 Å². The Kier molecular flexibility index (Phi) is 4.98. The molecule has 0 radical (unpaired) electrons. The third kappa shape index (κ3) is 3.29. The van der Waals surface area contributed by atoms with E-state index in [0.29, 0.717) is 11.6 Å². The van der Waals surface area contributed by atoms with Crippen molar-refractivity contribution < 1.29 is 0 Å². The lowest BCUT2D eigenvalue weighted by Crippen LogP contribution is -2.17. The Hall–Kier alpha value is -1.59. The van der Waals surface area contributed by atoms with Crippen molar-refractivity contribution in [1.82, 2.24) is 14.8 Å². The van der Waals surface area contributed by atoms with Crippen molar-refractivity contribution in [2.75, 3.05) is 6.54 Å². The lowest BCUT2D eigenvalue weighted by molar-refractivity contribution is 0.661.